The first-order valence-corrected chi connectivity index (χ1v) is 4.48. The highest BCUT2D eigenvalue weighted by atomic mass is 15.0. The van der Waals surface area contributed by atoms with Crippen LogP contribution in [0.25, 0.3) is 0 Å². The minimum absolute atomic E-state index is 0.102. The van der Waals surface area contributed by atoms with Crippen molar-refractivity contribution in [2.45, 2.75) is 45.2 Å². The topological polar surface area (TPSA) is 12.0 Å². The minimum Gasteiger partial charge on any atom is -0.303 e. The molecule has 1 aliphatic rings. The van der Waals surface area contributed by atoms with E-state index in [9.17, 15) is 0 Å². The van der Waals surface area contributed by atoms with Gasteiger partial charge in [-0.2, -0.15) is 0 Å². The highest BCUT2D eigenvalue weighted by Gasteiger charge is 2.30. The van der Waals surface area contributed by atoms with Crippen LogP contribution in [0.5, 0.6) is 0 Å². The van der Waals surface area contributed by atoms with Crippen LogP contribution in [-0.4, -0.2) is 11.1 Å². The molecule has 0 aromatic rings. The van der Waals surface area contributed by atoms with Gasteiger partial charge in [0.05, 0.1) is 0 Å². The Morgan fingerprint density at radius 3 is 2.42 bits per heavy atom. The lowest BCUT2D eigenvalue weighted by atomic mass is 9.84. The van der Waals surface area contributed by atoms with Crippen LogP contribution in [0, 0.1) is 0 Å². The third-order valence-corrected chi connectivity index (χ3v) is 2.12. The summed E-state index contributed by atoms with van der Waals surface area (Å²) in [6.45, 7) is 12.7. The maximum Gasteiger partial charge on any atom is 0.0317 e. The number of allylic oxidation sites excluding steroid dienone is 1. The fraction of sp³-hybridized carbons (Fsp3) is 0.636. The quantitative estimate of drug-likeness (QED) is 0.630. The summed E-state index contributed by atoms with van der Waals surface area (Å²) in [7, 11) is 0. The summed E-state index contributed by atoms with van der Waals surface area (Å²) in [5.74, 6) is 0. The smallest absolute Gasteiger partial charge is 0.0317 e. The zero-order valence-electron chi connectivity index (χ0n) is 8.57. The van der Waals surface area contributed by atoms with Crippen LogP contribution in [0.4, 0.5) is 0 Å². The van der Waals surface area contributed by atoms with Gasteiger partial charge < -0.3 is 5.32 Å². The molecular weight excluding hydrogens is 146 g/mol. The lowest BCUT2D eigenvalue weighted by Crippen LogP contribution is -2.53. The predicted octanol–water partition coefficient (Wildman–Crippen LogP) is 2.65. The van der Waals surface area contributed by atoms with Gasteiger partial charge in [-0.1, -0.05) is 18.7 Å². The largest absolute Gasteiger partial charge is 0.303 e. The molecule has 12 heavy (non-hydrogen) atoms. The normalized spacial score (nSPS) is 26.2. The predicted molar refractivity (Wildman–Crippen MR) is 54.2 cm³/mol. The van der Waals surface area contributed by atoms with Gasteiger partial charge in [0.1, 0.15) is 0 Å². The molecule has 1 heterocycles. The van der Waals surface area contributed by atoms with Crippen molar-refractivity contribution in [2.75, 3.05) is 0 Å². The second-order valence-corrected chi connectivity index (χ2v) is 4.83. The van der Waals surface area contributed by atoms with Gasteiger partial charge in [-0.05, 0) is 39.7 Å². The van der Waals surface area contributed by atoms with Crippen LogP contribution in [0.3, 0.4) is 0 Å². The van der Waals surface area contributed by atoms with Crippen LogP contribution in [0.2, 0.25) is 0 Å². The van der Waals surface area contributed by atoms with Gasteiger partial charge in [-0.15, -0.1) is 0 Å². The van der Waals surface area contributed by atoms with Crippen LogP contribution in [-0.2, 0) is 0 Å². The Hall–Kier alpha value is -0.560. The van der Waals surface area contributed by atoms with E-state index in [1.165, 1.54) is 5.57 Å². The molecule has 0 aromatic carbocycles. The van der Waals surface area contributed by atoms with Gasteiger partial charge in [-0.3, -0.25) is 0 Å². The van der Waals surface area contributed by atoms with Crippen LogP contribution in [0.15, 0.2) is 24.3 Å². The molecule has 0 spiro atoms. The average molecular weight is 165 g/mol. The van der Waals surface area contributed by atoms with Crippen LogP contribution >= 0.6 is 0 Å². The number of rotatable bonds is 1. The molecule has 0 amide bonds. The molecule has 0 saturated carbocycles. The van der Waals surface area contributed by atoms with Crippen molar-refractivity contribution in [1.82, 2.24) is 5.32 Å². The van der Waals surface area contributed by atoms with Crippen molar-refractivity contribution in [3.63, 3.8) is 0 Å². The lowest BCUT2D eigenvalue weighted by Gasteiger charge is -2.40. The Balaban J connectivity index is 2.93. The Bertz CT molecular complexity index is 221. The van der Waals surface area contributed by atoms with Gasteiger partial charge in [0.2, 0.25) is 0 Å². The number of hydrogen-bond acceptors (Lipinski definition) is 1. The zero-order valence-corrected chi connectivity index (χ0v) is 8.57. The van der Waals surface area contributed by atoms with Crippen molar-refractivity contribution >= 4 is 0 Å². The van der Waals surface area contributed by atoms with Gasteiger partial charge >= 0.3 is 0 Å². The summed E-state index contributed by atoms with van der Waals surface area (Å²) in [6.07, 6.45) is 5.29. The van der Waals surface area contributed by atoms with E-state index in [1.54, 1.807) is 0 Å². The Morgan fingerprint density at radius 1 is 1.42 bits per heavy atom. The van der Waals surface area contributed by atoms with Crippen LogP contribution in [0.1, 0.15) is 34.1 Å². The molecule has 0 atom stereocenters. The van der Waals surface area contributed by atoms with E-state index >= 15 is 0 Å². The molecule has 0 fully saturated rings. The Morgan fingerprint density at radius 2 is 2.00 bits per heavy atom. The van der Waals surface area contributed by atoms with Crippen molar-refractivity contribution in [1.29, 1.82) is 0 Å². The number of hydrogen-bond donors (Lipinski definition) is 1. The maximum atomic E-state index is 3.82. The molecule has 1 rings (SSSR count). The van der Waals surface area contributed by atoms with E-state index in [2.05, 4.69) is 45.7 Å². The summed E-state index contributed by atoms with van der Waals surface area (Å²) in [5, 5.41) is 3.57. The van der Waals surface area contributed by atoms with Gasteiger partial charge in [0, 0.05) is 11.1 Å². The second-order valence-electron chi connectivity index (χ2n) is 4.83. The fourth-order valence-electron chi connectivity index (χ4n) is 2.11. The molecular formula is C11H19N. The summed E-state index contributed by atoms with van der Waals surface area (Å²) in [5.41, 5.74) is 1.65. The molecule has 1 N–H and O–H groups in total. The van der Waals surface area contributed by atoms with E-state index in [4.69, 9.17) is 0 Å². The standard InChI is InChI=1S/C11H19N/c1-6-9-7-10(2,3)12-11(4,5)8-9/h6-7,12H,1,8H2,2-5H3. The zero-order chi connectivity index (χ0) is 9.41. The van der Waals surface area contributed by atoms with Crippen molar-refractivity contribution in [3.8, 4) is 0 Å². The molecule has 0 radical (unpaired) electrons. The van der Waals surface area contributed by atoms with Crippen molar-refractivity contribution in [2.24, 2.45) is 0 Å². The molecule has 1 aliphatic heterocycles. The van der Waals surface area contributed by atoms with Crippen LogP contribution < -0.4 is 5.32 Å². The van der Waals surface area contributed by atoms with E-state index in [-0.39, 0.29) is 11.1 Å². The summed E-state index contributed by atoms with van der Waals surface area (Å²) < 4.78 is 0. The third-order valence-electron chi connectivity index (χ3n) is 2.12. The van der Waals surface area contributed by atoms with Crippen molar-refractivity contribution < 1.29 is 0 Å². The van der Waals surface area contributed by atoms with Gasteiger partial charge in [0.15, 0.2) is 0 Å². The molecule has 1 heteroatoms. The molecule has 0 saturated heterocycles. The average Bonchev–Trinajstić information content (AvgIpc) is 1.80. The molecule has 0 bridgehead atoms. The highest BCUT2D eigenvalue weighted by molar-refractivity contribution is 5.27. The minimum atomic E-state index is 0.102. The van der Waals surface area contributed by atoms with Gasteiger partial charge in [-0.25, -0.2) is 0 Å². The molecule has 68 valence electrons. The SMILES string of the molecule is C=CC1=CC(C)(C)NC(C)(C)C1. The first kappa shape index (κ1) is 9.53. The van der Waals surface area contributed by atoms with E-state index < -0.39 is 0 Å². The second kappa shape index (κ2) is 2.74. The maximum absolute atomic E-state index is 3.82. The Kier molecular flexibility index (Phi) is 2.17. The Labute approximate surface area is 75.6 Å². The highest BCUT2D eigenvalue weighted by Crippen LogP contribution is 2.27. The summed E-state index contributed by atoms with van der Waals surface area (Å²) in [4.78, 5) is 0. The molecule has 0 aromatic heterocycles. The molecule has 0 unspecified atom stereocenters. The number of nitrogens with one attached hydrogen (secondary N) is 1. The summed E-state index contributed by atoms with van der Waals surface area (Å²) in [6, 6.07) is 0. The first-order chi connectivity index (χ1) is 5.35. The third kappa shape index (κ3) is 2.21. The summed E-state index contributed by atoms with van der Waals surface area (Å²) >= 11 is 0. The van der Waals surface area contributed by atoms with Crippen molar-refractivity contribution in [3.05, 3.63) is 24.3 Å². The lowest BCUT2D eigenvalue weighted by molar-refractivity contribution is 0.286. The fourth-order valence-corrected chi connectivity index (χ4v) is 2.11. The van der Waals surface area contributed by atoms with E-state index in [0.717, 1.165) is 6.42 Å². The molecule has 1 nitrogen and oxygen atoms in total. The monoisotopic (exact) mass is 165 g/mol. The van der Waals surface area contributed by atoms with E-state index in [0.29, 0.717) is 0 Å². The van der Waals surface area contributed by atoms with E-state index in [1.807, 2.05) is 6.08 Å². The molecule has 0 aliphatic carbocycles. The first-order valence-electron chi connectivity index (χ1n) is 4.48. The van der Waals surface area contributed by atoms with Gasteiger partial charge in [0.25, 0.3) is 0 Å².